The predicted octanol–water partition coefficient (Wildman–Crippen LogP) is 3.50. The molecule has 162 valence electrons. The van der Waals surface area contributed by atoms with Crippen LogP contribution < -0.4 is 10.1 Å². The normalized spacial score (nSPS) is 15.9. The van der Waals surface area contributed by atoms with Crippen molar-refractivity contribution in [2.24, 2.45) is 0 Å². The maximum Gasteiger partial charge on any atom is 0.258 e. The van der Waals surface area contributed by atoms with Crippen molar-refractivity contribution in [2.75, 3.05) is 19.7 Å². The second-order valence-electron chi connectivity index (χ2n) is 7.66. The second-order valence-corrected chi connectivity index (χ2v) is 7.66. The predicted molar refractivity (Wildman–Crippen MR) is 117 cm³/mol. The minimum absolute atomic E-state index is 0.146. The Hall–Kier alpha value is -3.35. The van der Waals surface area contributed by atoms with Gasteiger partial charge in [-0.05, 0) is 50.5 Å². The molecule has 0 saturated carbocycles. The van der Waals surface area contributed by atoms with Gasteiger partial charge in [-0.25, -0.2) is 4.98 Å². The Balaban J connectivity index is 1.38. The van der Waals surface area contributed by atoms with Crippen molar-refractivity contribution >= 4 is 22.9 Å². The highest BCUT2D eigenvalue weighted by Gasteiger charge is 2.35. The van der Waals surface area contributed by atoms with E-state index in [0.29, 0.717) is 49.7 Å². The van der Waals surface area contributed by atoms with E-state index in [9.17, 15) is 9.59 Å². The number of oxazole rings is 1. The van der Waals surface area contributed by atoms with Gasteiger partial charge in [0.2, 0.25) is 5.91 Å². The highest BCUT2D eigenvalue weighted by Crippen LogP contribution is 2.25. The molecule has 1 aliphatic rings. The Morgan fingerprint density at radius 2 is 2.06 bits per heavy atom. The summed E-state index contributed by atoms with van der Waals surface area (Å²) >= 11 is 0. The van der Waals surface area contributed by atoms with Gasteiger partial charge in [0.25, 0.3) is 5.91 Å². The first kappa shape index (κ1) is 20.9. The zero-order valence-corrected chi connectivity index (χ0v) is 17.9. The van der Waals surface area contributed by atoms with Gasteiger partial charge in [0.1, 0.15) is 17.3 Å². The molecule has 1 unspecified atom stereocenters. The zero-order chi connectivity index (χ0) is 21.8. The number of aryl methyl sites for hydroxylation is 1. The number of para-hydroxylation sites is 2. The fourth-order valence-corrected chi connectivity index (χ4v) is 4.01. The number of amides is 2. The van der Waals surface area contributed by atoms with Crippen LogP contribution in [0.4, 0.5) is 0 Å². The third-order valence-corrected chi connectivity index (χ3v) is 5.54. The standard InChI is InChI=1S/C24H27N3O4/c1-3-30-19-11-5-4-9-17(19)24(29)27-15-7-10-18(27)23(28)25-14-13-21-26-22-16(2)8-6-12-20(22)31-21/h4-6,8-9,11-12,18H,3,7,10,13-15H2,1-2H3,(H,25,28). The molecule has 2 heterocycles. The van der Waals surface area contributed by atoms with E-state index in [4.69, 9.17) is 9.15 Å². The van der Waals surface area contributed by atoms with Gasteiger partial charge < -0.3 is 19.4 Å². The number of benzene rings is 2. The van der Waals surface area contributed by atoms with E-state index in [1.54, 1.807) is 17.0 Å². The summed E-state index contributed by atoms with van der Waals surface area (Å²) in [6.45, 7) is 5.31. The van der Waals surface area contributed by atoms with Crippen LogP contribution in [0.1, 0.15) is 41.6 Å². The van der Waals surface area contributed by atoms with Crippen LogP contribution in [-0.2, 0) is 11.2 Å². The lowest BCUT2D eigenvalue weighted by Crippen LogP contribution is -2.46. The molecule has 0 radical (unpaired) electrons. The third kappa shape index (κ3) is 4.40. The van der Waals surface area contributed by atoms with Crippen molar-refractivity contribution in [1.29, 1.82) is 0 Å². The van der Waals surface area contributed by atoms with Gasteiger partial charge in [0.15, 0.2) is 11.5 Å². The summed E-state index contributed by atoms with van der Waals surface area (Å²) < 4.78 is 11.4. The van der Waals surface area contributed by atoms with Crippen LogP contribution in [0.25, 0.3) is 11.1 Å². The molecule has 2 amide bonds. The van der Waals surface area contributed by atoms with E-state index in [1.165, 1.54) is 0 Å². The quantitative estimate of drug-likeness (QED) is 0.631. The maximum atomic E-state index is 13.1. The number of hydrogen-bond acceptors (Lipinski definition) is 5. The fourth-order valence-electron chi connectivity index (χ4n) is 4.01. The lowest BCUT2D eigenvalue weighted by atomic mass is 10.1. The van der Waals surface area contributed by atoms with Crippen LogP contribution in [0, 0.1) is 6.92 Å². The molecular weight excluding hydrogens is 394 g/mol. The average molecular weight is 421 g/mol. The number of ether oxygens (including phenoxy) is 1. The van der Waals surface area contributed by atoms with E-state index >= 15 is 0 Å². The molecule has 1 atom stereocenters. The van der Waals surface area contributed by atoms with E-state index in [0.717, 1.165) is 23.1 Å². The SMILES string of the molecule is CCOc1ccccc1C(=O)N1CCCC1C(=O)NCCc1nc2c(C)cccc2o1. The molecular formula is C24H27N3O4. The largest absolute Gasteiger partial charge is 0.493 e. The summed E-state index contributed by atoms with van der Waals surface area (Å²) in [5, 5.41) is 2.94. The monoisotopic (exact) mass is 421 g/mol. The molecule has 3 aromatic rings. The molecule has 0 aliphatic carbocycles. The number of nitrogens with zero attached hydrogens (tertiary/aromatic N) is 2. The van der Waals surface area contributed by atoms with Gasteiger partial charge >= 0.3 is 0 Å². The number of aromatic nitrogens is 1. The Morgan fingerprint density at radius 3 is 2.87 bits per heavy atom. The van der Waals surface area contributed by atoms with Crippen molar-refractivity contribution in [2.45, 2.75) is 39.2 Å². The summed E-state index contributed by atoms with van der Waals surface area (Å²) in [6.07, 6.45) is 1.94. The highest BCUT2D eigenvalue weighted by molar-refractivity contribution is 6.00. The molecule has 7 heteroatoms. The van der Waals surface area contributed by atoms with E-state index in [-0.39, 0.29) is 11.8 Å². The molecule has 31 heavy (non-hydrogen) atoms. The van der Waals surface area contributed by atoms with Crippen LogP contribution in [-0.4, -0.2) is 47.4 Å². The first-order chi connectivity index (χ1) is 15.1. The molecule has 0 bridgehead atoms. The van der Waals surface area contributed by atoms with Gasteiger partial charge in [0.05, 0.1) is 12.2 Å². The Morgan fingerprint density at radius 1 is 1.23 bits per heavy atom. The summed E-state index contributed by atoms with van der Waals surface area (Å²) in [5.74, 6) is 0.824. The topological polar surface area (TPSA) is 84.7 Å². The summed E-state index contributed by atoms with van der Waals surface area (Å²) in [6, 6.07) is 12.5. The third-order valence-electron chi connectivity index (χ3n) is 5.54. The fraction of sp³-hybridized carbons (Fsp3) is 0.375. The summed E-state index contributed by atoms with van der Waals surface area (Å²) in [5.41, 5.74) is 3.15. The maximum absolute atomic E-state index is 13.1. The molecule has 4 rings (SSSR count). The lowest BCUT2D eigenvalue weighted by molar-refractivity contribution is -0.124. The average Bonchev–Trinajstić information content (AvgIpc) is 3.42. The molecule has 1 fully saturated rings. The van der Waals surface area contributed by atoms with Crippen molar-refractivity contribution < 1.29 is 18.7 Å². The van der Waals surface area contributed by atoms with Gasteiger partial charge in [-0.3, -0.25) is 9.59 Å². The molecule has 1 aliphatic heterocycles. The number of carbonyl (C=O) groups is 2. The van der Waals surface area contributed by atoms with Gasteiger partial charge in [-0.15, -0.1) is 0 Å². The van der Waals surface area contributed by atoms with Crippen LogP contribution in [0.2, 0.25) is 0 Å². The number of nitrogens with one attached hydrogen (secondary N) is 1. The molecule has 1 saturated heterocycles. The minimum atomic E-state index is -0.479. The van der Waals surface area contributed by atoms with Gasteiger partial charge in [-0.1, -0.05) is 24.3 Å². The molecule has 7 nitrogen and oxygen atoms in total. The van der Waals surface area contributed by atoms with Crippen LogP contribution >= 0.6 is 0 Å². The molecule has 0 spiro atoms. The Bertz CT molecular complexity index is 1090. The number of carbonyl (C=O) groups excluding carboxylic acids is 2. The van der Waals surface area contributed by atoms with Gasteiger partial charge in [-0.2, -0.15) is 0 Å². The van der Waals surface area contributed by atoms with Crippen LogP contribution in [0.5, 0.6) is 5.75 Å². The van der Waals surface area contributed by atoms with Crippen molar-refractivity contribution in [3.8, 4) is 5.75 Å². The first-order valence-electron chi connectivity index (χ1n) is 10.7. The summed E-state index contributed by atoms with van der Waals surface area (Å²) in [4.78, 5) is 32.1. The van der Waals surface area contributed by atoms with E-state index in [1.807, 2.05) is 44.2 Å². The van der Waals surface area contributed by atoms with E-state index in [2.05, 4.69) is 10.3 Å². The van der Waals surface area contributed by atoms with Crippen molar-refractivity contribution in [3.05, 3.63) is 59.5 Å². The molecule has 1 aromatic heterocycles. The summed E-state index contributed by atoms with van der Waals surface area (Å²) in [7, 11) is 0. The minimum Gasteiger partial charge on any atom is -0.493 e. The number of hydrogen-bond donors (Lipinski definition) is 1. The van der Waals surface area contributed by atoms with Gasteiger partial charge in [0, 0.05) is 19.5 Å². The van der Waals surface area contributed by atoms with Crippen LogP contribution in [0.3, 0.4) is 0 Å². The van der Waals surface area contributed by atoms with Crippen molar-refractivity contribution in [3.63, 3.8) is 0 Å². The number of fused-ring (bicyclic) bond motifs is 1. The Kier molecular flexibility index (Phi) is 6.21. The second kappa shape index (κ2) is 9.20. The van der Waals surface area contributed by atoms with Crippen molar-refractivity contribution in [1.82, 2.24) is 15.2 Å². The number of likely N-dealkylation sites (tertiary alicyclic amines) is 1. The Labute approximate surface area is 181 Å². The lowest BCUT2D eigenvalue weighted by Gasteiger charge is -2.24. The smallest absolute Gasteiger partial charge is 0.258 e. The van der Waals surface area contributed by atoms with E-state index < -0.39 is 6.04 Å². The number of rotatable bonds is 7. The molecule has 1 N–H and O–H groups in total. The molecule has 2 aromatic carbocycles. The highest BCUT2D eigenvalue weighted by atomic mass is 16.5. The van der Waals surface area contributed by atoms with Crippen LogP contribution in [0.15, 0.2) is 46.9 Å². The zero-order valence-electron chi connectivity index (χ0n) is 17.9. The first-order valence-corrected chi connectivity index (χ1v) is 10.7.